The number of carbonyl (C=O) groups excluding carboxylic acids is 1. The summed E-state index contributed by atoms with van der Waals surface area (Å²) in [7, 11) is 0. The zero-order chi connectivity index (χ0) is 21.9. The molecule has 0 fully saturated rings. The van der Waals surface area contributed by atoms with Crippen LogP contribution in [0.4, 0.5) is 11.4 Å². The number of nitro groups is 1. The number of hydrogen-bond acceptors (Lipinski definition) is 4. The molecule has 0 bridgehead atoms. The lowest BCUT2D eigenvalue weighted by molar-refractivity contribution is -0.384. The summed E-state index contributed by atoms with van der Waals surface area (Å²) >= 11 is 6.04. The first kappa shape index (κ1) is 19.8. The van der Waals surface area contributed by atoms with Crippen molar-refractivity contribution in [3.63, 3.8) is 0 Å². The van der Waals surface area contributed by atoms with E-state index in [1.165, 1.54) is 12.1 Å². The van der Waals surface area contributed by atoms with Crippen LogP contribution < -0.4 is 5.32 Å². The Hall–Kier alpha value is -3.18. The Bertz CT molecular complexity index is 1310. The molecule has 0 spiro atoms. The topological polar surface area (TPSA) is 72.2 Å². The molecule has 2 aliphatic rings. The summed E-state index contributed by atoms with van der Waals surface area (Å²) in [6.07, 6.45) is 1.21. The third-order valence-electron chi connectivity index (χ3n) is 6.24. The van der Waals surface area contributed by atoms with E-state index >= 15 is 0 Å². The molecule has 6 heteroatoms. The van der Waals surface area contributed by atoms with Crippen LogP contribution in [0.15, 0.2) is 60.2 Å². The van der Waals surface area contributed by atoms with Gasteiger partial charge in [-0.25, -0.2) is 0 Å². The number of benzene rings is 3. The van der Waals surface area contributed by atoms with Crippen molar-refractivity contribution < 1.29 is 9.72 Å². The van der Waals surface area contributed by atoms with Crippen LogP contribution in [-0.2, 0) is 4.79 Å². The van der Waals surface area contributed by atoms with Gasteiger partial charge in [0.15, 0.2) is 5.78 Å². The van der Waals surface area contributed by atoms with Crippen molar-refractivity contribution in [2.24, 2.45) is 5.41 Å². The molecular formula is C25H21ClN2O3. The highest BCUT2D eigenvalue weighted by atomic mass is 35.5. The van der Waals surface area contributed by atoms with E-state index in [0.29, 0.717) is 17.6 Å². The molecule has 3 aromatic rings. The van der Waals surface area contributed by atoms with Crippen LogP contribution in [0, 0.1) is 15.5 Å². The standard InChI is InChI=1S/C25H21ClN2O3/c1-25(2)12-17-22-16-6-4-3-5-14(16)8-10-19(22)27-24(23(17)21(29)13-25)15-7-9-18(26)20(11-15)28(30)31/h3-11,24,27H,12-13H2,1-2H3. The molecule has 31 heavy (non-hydrogen) atoms. The Kier molecular flexibility index (Phi) is 4.41. The number of Topliss-reactive ketones (excluding diaryl/α,β-unsaturated/α-hetero) is 1. The van der Waals surface area contributed by atoms with Crippen LogP contribution in [0.2, 0.25) is 5.02 Å². The van der Waals surface area contributed by atoms with Crippen molar-refractivity contribution in [1.82, 2.24) is 0 Å². The Labute approximate surface area is 184 Å². The summed E-state index contributed by atoms with van der Waals surface area (Å²) in [4.78, 5) is 24.4. The normalized spacial score (nSPS) is 19.6. The van der Waals surface area contributed by atoms with Crippen molar-refractivity contribution in [1.29, 1.82) is 0 Å². The molecule has 0 radical (unpaired) electrons. The van der Waals surface area contributed by atoms with Crippen LogP contribution in [0.25, 0.3) is 16.3 Å². The number of ketones is 1. The van der Waals surface area contributed by atoms with Crippen molar-refractivity contribution in [3.05, 3.63) is 86.4 Å². The molecule has 0 saturated heterocycles. The van der Waals surface area contributed by atoms with E-state index in [1.54, 1.807) is 6.07 Å². The maximum absolute atomic E-state index is 13.4. The van der Waals surface area contributed by atoms with Crippen LogP contribution in [0.5, 0.6) is 0 Å². The van der Waals surface area contributed by atoms with E-state index in [-0.39, 0.29) is 21.9 Å². The summed E-state index contributed by atoms with van der Waals surface area (Å²) in [5, 5.41) is 17.3. The van der Waals surface area contributed by atoms with E-state index in [0.717, 1.165) is 34.0 Å². The zero-order valence-electron chi connectivity index (χ0n) is 17.2. The number of carbonyl (C=O) groups is 1. The number of hydrogen-bond donors (Lipinski definition) is 1. The average Bonchev–Trinajstić information content (AvgIpc) is 2.72. The van der Waals surface area contributed by atoms with Gasteiger partial charge in [0, 0.05) is 29.3 Å². The van der Waals surface area contributed by atoms with Gasteiger partial charge in [0.05, 0.1) is 11.0 Å². The summed E-state index contributed by atoms with van der Waals surface area (Å²) < 4.78 is 0. The van der Waals surface area contributed by atoms with Gasteiger partial charge in [0.25, 0.3) is 5.69 Å². The molecule has 1 heterocycles. The largest absolute Gasteiger partial charge is 0.373 e. The fraction of sp³-hybridized carbons (Fsp3) is 0.240. The minimum Gasteiger partial charge on any atom is -0.373 e. The lowest BCUT2D eigenvalue weighted by atomic mass is 9.68. The third kappa shape index (κ3) is 3.20. The molecule has 1 N–H and O–H groups in total. The smallest absolute Gasteiger partial charge is 0.288 e. The molecule has 1 atom stereocenters. The molecule has 5 nitrogen and oxygen atoms in total. The summed E-state index contributed by atoms with van der Waals surface area (Å²) in [5.74, 6) is 0.0833. The molecular weight excluding hydrogens is 412 g/mol. The zero-order valence-corrected chi connectivity index (χ0v) is 18.0. The third-order valence-corrected chi connectivity index (χ3v) is 6.56. The Balaban J connectivity index is 1.78. The van der Waals surface area contributed by atoms with E-state index in [2.05, 4.69) is 37.4 Å². The number of rotatable bonds is 2. The van der Waals surface area contributed by atoms with E-state index in [4.69, 9.17) is 11.6 Å². The fourth-order valence-electron chi connectivity index (χ4n) is 4.94. The maximum Gasteiger partial charge on any atom is 0.288 e. The SMILES string of the molecule is CC1(C)CC(=O)C2=C(C1)c1c(ccc3ccccc13)NC2c1ccc(Cl)c([N+](=O)[O-])c1. The predicted octanol–water partition coefficient (Wildman–Crippen LogP) is 6.71. The second kappa shape index (κ2) is 6.92. The number of anilines is 1. The highest BCUT2D eigenvalue weighted by Crippen LogP contribution is 2.52. The Morgan fingerprint density at radius 3 is 2.65 bits per heavy atom. The van der Waals surface area contributed by atoms with E-state index < -0.39 is 11.0 Å². The highest BCUT2D eigenvalue weighted by Gasteiger charge is 2.41. The van der Waals surface area contributed by atoms with Crippen LogP contribution in [0.3, 0.4) is 0 Å². The van der Waals surface area contributed by atoms with Crippen LogP contribution in [0.1, 0.15) is 43.9 Å². The van der Waals surface area contributed by atoms with Gasteiger partial charge in [-0.2, -0.15) is 0 Å². The molecule has 3 aromatic carbocycles. The van der Waals surface area contributed by atoms with Crippen LogP contribution >= 0.6 is 11.6 Å². The van der Waals surface area contributed by atoms with Gasteiger partial charge in [0.2, 0.25) is 0 Å². The van der Waals surface area contributed by atoms with Crippen molar-refractivity contribution >= 4 is 45.1 Å². The lowest BCUT2D eigenvalue weighted by Gasteiger charge is -2.40. The van der Waals surface area contributed by atoms with Gasteiger partial charge in [-0.15, -0.1) is 0 Å². The average molecular weight is 433 g/mol. The van der Waals surface area contributed by atoms with Gasteiger partial charge in [-0.1, -0.05) is 61.8 Å². The van der Waals surface area contributed by atoms with Crippen molar-refractivity contribution in [3.8, 4) is 0 Å². The lowest BCUT2D eigenvalue weighted by Crippen LogP contribution is -2.33. The number of nitrogens with one attached hydrogen (secondary N) is 1. The second-order valence-electron chi connectivity index (χ2n) is 9.09. The van der Waals surface area contributed by atoms with Gasteiger partial charge >= 0.3 is 0 Å². The van der Waals surface area contributed by atoms with Gasteiger partial charge in [-0.3, -0.25) is 14.9 Å². The minimum atomic E-state index is -0.489. The van der Waals surface area contributed by atoms with Gasteiger partial charge in [0.1, 0.15) is 5.02 Å². The number of halogens is 1. The molecule has 0 amide bonds. The number of fused-ring (bicyclic) bond motifs is 4. The monoisotopic (exact) mass is 432 g/mol. The summed E-state index contributed by atoms with van der Waals surface area (Å²) in [6.45, 7) is 4.23. The highest BCUT2D eigenvalue weighted by molar-refractivity contribution is 6.32. The van der Waals surface area contributed by atoms with E-state index in [1.807, 2.05) is 18.2 Å². The molecule has 0 aromatic heterocycles. The molecule has 5 rings (SSSR count). The van der Waals surface area contributed by atoms with E-state index in [9.17, 15) is 14.9 Å². The van der Waals surface area contributed by atoms with Gasteiger partial charge < -0.3 is 5.32 Å². The first-order chi connectivity index (χ1) is 14.7. The van der Waals surface area contributed by atoms with Gasteiger partial charge in [-0.05, 0) is 45.9 Å². The first-order valence-corrected chi connectivity index (χ1v) is 10.6. The molecule has 156 valence electrons. The number of nitro benzene ring substituents is 1. The first-order valence-electron chi connectivity index (χ1n) is 10.2. The molecule has 1 aliphatic heterocycles. The number of allylic oxidation sites excluding steroid dienone is 1. The maximum atomic E-state index is 13.4. The van der Waals surface area contributed by atoms with Crippen molar-refractivity contribution in [2.75, 3.05) is 5.32 Å². The minimum absolute atomic E-state index is 0.0833. The van der Waals surface area contributed by atoms with Crippen LogP contribution in [-0.4, -0.2) is 10.7 Å². The predicted molar refractivity (Wildman–Crippen MR) is 123 cm³/mol. The summed E-state index contributed by atoms with van der Waals surface area (Å²) in [6, 6.07) is 16.6. The second-order valence-corrected chi connectivity index (χ2v) is 9.49. The Morgan fingerprint density at radius 2 is 1.87 bits per heavy atom. The van der Waals surface area contributed by atoms with Crippen molar-refractivity contribution in [2.45, 2.75) is 32.7 Å². The molecule has 1 unspecified atom stereocenters. The number of nitrogens with zero attached hydrogens (tertiary/aromatic N) is 1. The molecule has 0 saturated carbocycles. The molecule has 1 aliphatic carbocycles. The Morgan fingerprint density at radius 1 is 1.10 bits per heavy atom. The summed E-state index contributed by atoms with van der Waals surface area (Å²) in [5.41, 5.74) is 4.10. The fourth-order valence-corrected chi connectivity index (χ4v) is 5.12. The quantitative estimate of drug-likeness (QED) is 0.360.